The SMILES string of the molecule is c1cc(-c2ccc(-c3ccc4sc5ccccc5c4c3)cc2)cc(-c2nc3c(nc4ccccn43)c3ccccc23)c1.c1cc(-c2ccc(-c3nc4c(nc5ccccn54)c4ccccc34)cc2)cc(-c2ccc3sc4ccccc4c3c2)c1. The van der Waals surface area contributed by atoms with Crippen LogP contribution in [0.15, 0.2) is 279 Å². The Morgan fingerprint density at radius 3 is 1.07 bits per heavy atom. The van der Waals surface area contributed by atoms with Crippen molar-refractivity contribution in [2.45, 2.75) is 0 Å². The molecule has 18 aromatic rings. The molecule has 0 saturated heterocycles. The minimum atomic E-state index is 0.879. The van der Waals surface area contributed by atoms with E-state index in [4.69, 9.17) is 19.9 Å². The molecule has 8 heteroatoms. The van der Waals surface area contributed by atoms with E-state index in [1.54, 1.807) is 0 Å². The van der Waals surface area contributed by atoms with Gasteiger partial charge in [0, 0.05) is 85.4 Å². The molecule has 0 unspecified atom stereocenters. The van der Waals surface area contributed by atoms with Gasteiger partial charge in [-0.15, -0.1) is 22.7 Å². The molecule has 0 N–H and O–H groups in total. The average molecular weight is 1110 g/mol. The second-order valence-electron chi connectivity index (χ2n) is 21.4. The predicted octanol–water partition coefficient (Wildman–Crippen LogP) is 20.8. The van der Waals surface area contributed by atoms with Crippen LogP contribution in [0.2, 0.25) is 0 Å². The van der Waals surface area contributed by atoms with E-state index in [0.29, 0.717) is 0 Å². The molecule has 84 heavy (non-hydrogen) atoms. The minimum Gasteiger partial charge on any atom is -0.284 e. The first-order valence-electron chi connectivity index (χ1n) is 28.2. The second kappa shape index (κ2) is 19.5. The molecule has 10 aromatic carbocycles. The number of aromatic nitrogens is 6. The standard InChI is InChI=1S/2C38H23N3S/c1-2-12-31-30(11-1)36(40-38-37(31)39-35-14-5-6-21-41(35)38)28-9-7-8-26(22-28)24-15-17-25(18-16-24)27-19-20-34-32(23-27)29-10-3-4-13-33(29)42-34;1-2-12-31-30(11-1)36(40-38-37(31)39-35-14-5-6-21-41(35)38)25-17-15-24(16-18-25)26-8-7-9-27(22-26)28-19-20-34-32(23-28)29-10-3-4-13-33(29)42-34/h2*1-23H. The van der Waals surface area contributed by atoms with Crippen molar-refractivity contribution in [3.63, 3.8) is 0 Å². The zero-order valence-corrected chi connectivity index (χ0v) is 46.7. The molecule has 0 saturated carbocycles. The number of nitrogens with zero attached hydrogens (tertiary/aromatic N) is 6. The van der Waals surface area contributed by atoms with Crippen molar-refractivity contribution >= 4 is 118 Å². The Bertz CT molecular complexity index is 5630. The number of rotatable bonds is 6. The van der Waals surface area contributed by atoms with Crippen LogP contribution < -0.4 is 0 Å². The van der Waals surface area contributed by atoms with Gasteiger partial charge in [0.25, 0.3) is 0 Å². The third-order valence-corrected chi connectivity index (χ3v) is 18.8. The number of benzene rings is 10. The van der Waals surface area contributed by atoms with Crippen LogP contribution in [0.25, 0.3) is 163 Å². The Hall–Kier alpha value is -10.6. The summed E-state index contributed by atoms with van der Waals surface area (Å²) in [5, 5.41) is 9.76. The number of hydrogen-bond acceptors (Lipinski definition) is 6. The highest BCUT2D eigenvalue weighted by molar-refractivity contribution is 7.26. The quantitative estimate of drug-likeness (QED) is 0.166. The monoisotopic (exact) mass is 1110 g/mol. The van der Waals surface area contributed by atoms with Gasteiger partial charge in [0.1, 0.15) is 22.3 Å². The van der Waals surface area contributed by atoms with Crippen molar-refractivity contribution in [1.82, 2.24) is 28.7 Å². The van der Waals surface area contributed by atoms with E-state index in [1.165, 1.54) is 84.9 Å². The molecular weight excluding hydrogens is 1060 g/mol. The van der Waals surface area contributed by atoms with Gasteiger partial charge in [0.15, 0.2) is 11.3 Å². The van der Waals surface area contributed by atoms with Gasteiger partial charge >= 0.3 is 0 Å². The summed E-state index contributed by atoms with van der Waals surface area (Å²) in [6.07, 6.45) is 4.07. The summed E-state index contributed by atoms with van der Waals surface area (Å²) in [6.45, 7) is 0. The van der Waals surface area contributed by atoms with Crippen molar-refractivity contribution in [3.05, 3.63) is 279 Å². The van der Waals surface area contributed by atoms with E-state index >= 15 is 0 Å². The maximum Gasteiger partial charge on any atom is 0.165 e. The summed E-state index contributed by atoms with van der Waals surface area (Å²) >= 11 is 3.71. The second-order valence-corrected chi connectivity index (χ2v) is 23.5. The lowest BCUT2D eigenvalue weighted by atomic mass is 9.96. The lowest BCUT2D eigenvalue weighted by Gasteiger charge is -2.10. The first kappa shape index (κ1) is 48.1. The Kier molecular flexibility index (Phi) is 11.2. The summed E-state index contributed by atoms with van der Waals surface area (Å²) in [5.74, 6) is 0. The van der Waals surface area contributed by atoms with Gasteiger partial charge in [0.2, 0.25) is 0 Å². The van der Waals surface area contributed by atoms with Crippen LogP contribution in [0.3, 0.4) is 0 Å². The summed E-state index contributed by atoms with van der Waals surface area (Å²) in [6, 6.07) is 95.3. The third kappa shape index (κ3) is 8.06. The van der Waals surface area contributed by atoms with Crippen LogP contribution in [-0.4, -0.2) is 28.7 Å². The normalized spacial score (nSPS) is 11.8. The predicted molar refractivity (Wildman–Crippen MR) is 354 cm³/mol. The summed E-state index contributed by atoms with van der Waals surface area (Å²) in [4.78, 5) is 20.2. The minimum absolute atomic E-state index is 0.879. The lowest BCUT2D eigenvalue weighted by molar-refractivity contribution is 1.19. The molecule has 0 aliphatic rings. The van der Waals surface area contributed by atoms with Crippen molar-refractivity contribution in [2.75, 3.05) is 0 Å². The Morgan fingerprint density at radius 2 is 0.571 bits per heavy atom. The molecular formula is C76H46N6S2. The Balaban J connectivity index is 0.000000132. The van der Waals surface area contributed by atoms with Crippen molar-refractivity contribution in [3.8, 4) is 67.0 Å². The molecule has 8 aromatic heterocycles. The molecule has 392 valence electrons. The summed E-state index contributed by atoms with van der Waals surface area (Å²) in [7, 11) is 0. The van der Waals surface area contributed by atoms with Gasteiger partial charge in [-0.25, -0.2) is 19.9 Å². The van der Waals surface area contributed by atoms with Crippen molar-refractivity contribution < 1.29 is 0 Å². The highest BCUT2D eigenvalue weighted by Crippen LogP contribution is 2.41. The molecule has 0 aliphatic heterocycles. The molecule has 8 heterocycles. The molecule has 0 atom stereocenters. The number of pyridine rings is 4. The van der Waals surface area contributed by atoms with Crippen LogP contribution in [-0.2, 0) is 0 Å². The lowest BCUT2D eigenvalue weighted by Crippen LogP contribution is -1.92. The largest absolute Gasteiger partial charge is 0.284 e. The van der Waals surface area contributed by atoms with E-state index in [0.717, 1.165) is 77.7 Å². The number of hydrogen-bond donors (Lipinski definition) is 0. The molecule has 6 nitrogen and oxygen atoms in total. The molecule has 0 amide bonds. The van der Waals surface area contributed by atoms with Crippen LogP contribution in [0.1, 0.15) is 0 Å². The number of fused-ring (bicyclic) bond motifs is 16. The van der Waals surface area contributed by atoms with Crippen LogP contribution in [0, 0.1) is 0 Å². The van der Waals surface area contributed by atoms with Gasteiger partial charge in [0.05, 0.1) is 11.4 Å². The Labute approximate surface area is 490 Å². The van der Waals surface area contributed by atoms with E-state index in [1.807, 2.05) is 71.5 Å². The summed E-state index contributed by atoms with van der Waals surface area (Å²) in [5.41, 5.74) is 19.2. The van der Waals surface area contributed by atoms with Crippen molar-refractivity contribution in [1.29, 1.82) is 0 Å². The molecule has 0 spiro atoms. The van der Waals surface area contributed by atoms with Crippen LogP contribution >= 0.6 is 22.7 Å². The molecule has 0 fully saturated rings. The Morgan fingerprint density at radius 1 is 0.226 bits per heavy atom. The fourth-order valence-electron chi connectivity index (χ4n) is 12.3. The van der Waals surface area contributed by atoms with E-state index in [2.05, 4.69) is 239 Å². The molecule has 0 radical (unpaired) electrons. The fraction of sp³-hybridized carbons (Fsp3) is 0. The number of thiophene rings is 2. The molecule has 0 aliphatic carbocycles. The highest BCUT2D eigenvalue weighted by atomic mass is 32.1. The van der Waals surface area contributed by atoms with E-state index in [-0.39, 0.29) is 0 Å². The first-order chi connectivity index (χ1) is 41.6. The van der Waals surface area contributed by atoms with Gasteiger partial charge in [-0.3, -0.25) is 8.80 Å². The van der Waals surface area contributed by atoms with Crippen molar-refractivity contribution in [2.24, 2.45) is 0 Å². The smallest absolute Gasteiger partial charge is 0.165 e. The van der Waals surface area contributed by atoms with Gasteiger partial charge in [-0.2, -0.15) is 0 Å². The third-order valence-electron chi connectivity index (χ3n) is 16.4. The average Bonchev–Trinajstić information content (AvgIpc) is 4.45. The van der Waals surface area contributed by atoms with Gasteiger partial charge in [-0.05, 0) is 117 Å². The molecule has 18 rings (SSSR count). The fourth-order valence-corrected chi connectivity index (χ4v) is 14.5. The number of imidazole rings is 2. The molecule has 0 bridgehead atoms. The zero-order valence-electron chi connectivity index (χ0n) is 45.1. The van der Waals surface area contributed by atoms with Crippen LogP contribution in [0.4, 0.5) is 0 Å². The maximum absolute atomic E-state index is 5.19. The topological polar surface area (TPSA) is 60.4 Å². The summed E-state index contributed by atoms with van der Waals surface area (Å²) < 4.78 is 9.47. The zero-order chi connectivity index (χ0) is 55.2. The van der Waals surface area contributed by atoms with Gasteiger partial charge in [-0.1, -0.05) is 194 Å². The maximum atomic E-state index is 5.19. The first-order valence-corrected chi connectivity index (χ1v) is 29.8. The highest BCUT2D eigenvalue weighted by Gasteiger charge is 2.18. The van der Waals surface area contributed by atoms with Crippen LogP contribution in [0.5, 0.6) is 0 Å². The van der Waals surface area contributed by atoms with E-state index < -0.39 is 0 Å². The van der Waals surface area contributed by atoms with E-state index in [9.17, 15) is 0 Å². The van der Waals surface area contributed by atoms with Gasteiger partial charge < -0.3 is 0 Å².